The van der Waals surface area contributed by atoms with Crippen molar-refractivity contribution < 1.29 is 13.9 Å². The van der Waals surface area contributed by atoms with Crippen molar-refractivity contribution in [3.63, 3.8) is 0 Å². The molecule has 2 amide bonds. The number of pyridine rings is 1. The lowest BCUT2D eigenvalue weighted by molar-refractivity contribution is -0.119. The third-order valence-corrected chi connectivity index (χ3v) is 3.31. The molecule has 0 saturated carbocycles. The molecule has 0 aliphatic carbocycles. The summed E-state index contributed by atoms with van der Waals surface area (Å²) < 4.78 is 4.53. The normalized spacial score (nSPS) is 12.8. The first-order valence-corrected chi connectivity index (χ1v) is 7.68. The highest BCUT2D eigenvalue weighted by atomic mass is 35.5. The average molecular weight is 350 g/mol. The molecule has 7 heteroatoms. The van der Waals surface area contributed by atoms with Gasteiger partial charge in [-0.2, -0.15) is 0 Å². The van der Waals surface area contributed by atoms with Crippen LogP contribution >= 0.6 is 11.9 Å². The van der Waals surface area contributed by atoms with Gasteiger partial charge in [0.05, 0.1) is 5.92 Å². The summed E-state index contributed by atoms with van der Waals surface area (Å²) in [5.74, 6) is -0.847. The van der Waals surface area contributed by atoms with E-state index in [0.717, 1.165) is 0 Å². The number of nitrogens with zero attached hydrogens (tertiary/aromatic N) is 2. The molecular weight excluding hydrogens is 330 g/mol. The predicted molar refractivity (Wildman–Crippen MR) is 94.2 cm³/mol. The zero-order valence-electron chi connectivity index (χ0n) is 13.9. The van der Waals surface area contributed by atoms with E-state index in [1.54, 1.807) is 32.1 Å². The summed E-state index contributed by atoms with van der Waals surface area (Å²) in [6.45, 7) is 9.40. The van der Waals surface area contributed by atoms with Crippen molar-refractivity contribution in [3.05, 3.63) is 48.2 Å². The molecule has 1 aromatic rings. The molecule has 0 aromatic carbocycles. The fraction of sp³-hybridized carbons (Fsp3) is 0.294. The van der Waals surface area contributed by atoms with E-state index in [1.165, 1.54) is 12.3 Å². The Bertz CT molecular complexity index is 683. The molecule has 0 aliphatic heterocycles. The van der Waals surface area contributed by atoms with Crippen LogP contribution < -0.4 is 9.61 Å². The number of hydrogen-bond donors (Lipinski definition) is 1. The summed E-state index contributed by atoms with van der Waals surface area (Å²) in [6.07, 6.45) is 4.60. The minimum absolute atomic E-state index is 0.215. The molecule has 24 heavy (non-hydrogen) atoms. The van der Waals surface area contributed by atoms with Crippen molar-refractivity contribution >= 4 is 29.4 Å². The molecule has 1 atom stereocenters. The van der Waals surface area contributed by atoms with Crippen molar-refractivity contribution in [1.82, 2.24) is 10.3 Å². The fourth-order valence-electron chi connectivity index (χ4n) is 1.76. The van der Waals surface area contributed by atoms with E-state index < -0.39 is 5.92 Å². The van der Waals surface area contributed by atoms with Gasteiger partial charge in [0.2, 0.25) is 5.88 Å². The van der Waals surface area contributed by atoms with Crippen LogP contribution in [-0.4, -0.2) is 29.1 Å². The Morgan fingerprint density at radius 2 is 2.21 bits per heavy atom. The molecule has 1 unspecified atom stereocenters. The van der Waals surface area contributed by atoms with Gasteiger partial charge in [-0.3, -0.25) is 9.59 Å². The highest BCUT2D eigenvalue weighted by Crippen LogP contribution is 2.20. The van der Waals surface area contributed by atoms with Gasteiger partial charge in [0.1, 0.15) is 11.9 Å². The summed E-state index contributed by atoms with van der Waals surface area (Å²) in [5.41, 5.74) is 1.46. The highest BCUT2D eigenvalue weighted by molar-refractivity contribution is 6.09. The van der Waals surface area contributed by atoms with Crippen molar-refractivity contribution in [1.29, 1.82) is 0 Å². The second-order valence-electron chi connectivity index (χ2n) is 5.04. The molecule has 6 nitrogen and oxygen atoms in total. The number of nitrogens with one attached hydrogen (secondary N) is 1. The van der Waals surface area contributed by atoms with Gasteiger partial charge in [0.25, 0.3) is 11.8 Å². The number of halogens is 1. The van der Waals surface area contributed by atoms with E-state index >= 15 is 0 Å². The van der Waals surface area contributed by atoms with Crippen LogP contribution in [0.4, 0.5) is 0 Å². The SMILES string of the molecule is C=C(/C=C\C(C)=NC(=O)C(C)c1ccnc(OCl)c1)C(=O)NCC. The zero-order valence-corrected chi connectivity index (χ0v) is 14.6. The van der Waals surface area contributed by atoms with Gasteiger partial charge in [-0.15, -0.1) is 0 Å². The topological polar surface area (TPSA) is 80.7 Å². The first-order chi connectivity index (χ1) is 11.4. The smallest absolute Gasteiger partial charge is 0.253 e. The van der Waals surface area contributed by atoms with E-state index in [4.69, 9.17) is 11.9 Å². The van der Waals surface area contributed by atoms with E-state index in [9.17, 15) is 9.59 Å². The third-order valence-electron chi connectivity index (χ3n) is 3.15. The Labute approximate surface area is 146 Å². The Hall–Kier alpha value is -2.47. The van der Waals surface area contributed by atoms with Crippen LogP contribution in [0.1, 0.15) is 32.3 Å². The number of carbonyl (C=O) groups is 2. The number of hydrogen-bond acceptors (Lipinski definition) is 4. The largest absolute Gasteiger partial charge is 0.365 e. The van der Waals surface area contributed by atoms with Crippen LogP contribution in [0.5, 0.6) is 5.88 Å². The van der Waals surface area contributed by atoms with Crippen LogP contribution in [0.3, 0.4) is 0 Å². The summed E-state index contributed by atoms with van der Waals surface area (Å²) in [5, 5.41) is 2.64. The van der Waals surface area contributed by atoms with Crippen molar-refractivity contribution in [2.45, 2.75) is 26.7 Å². The van der Waals surface area contributed by atoms with E-state index in [2.05, 4.69) is 26.2 Å². The monoisotopic (exact) mass is 349 g/mol. The number of aromatic nitrogens is 1. The van der Waals surface area contributed by atoms with Crippen molar-refractivity contribution in [3.8, 4) is 5.88 Å². The number of rotatable bonds is 7. The van der Waals surface area contributed by atoms with Gasteiger partial charge in [0.15, 0.2) is 0 Å². The molecule has 1 N–H and O–H groups in total. The molecule has 0 saturated heterocycles. The number of likely N-dealkylation sites (N-methyl/N-ethyl adjacent to an activating group) is 1. The Balaban J connectivity index is 2.78. The van der Waals surface area contributed by atoms with Crippen LogP contribution in [-0.2, 0) is 9.59 Å². The second kappa shape index (κ2) is 9.62. The maximum absolute atomic E-state index is 12.2. The van der Waals surface area contributed by atoms with Crippen molar-refractivity contribution in [2.75, 3.05) is 6.54 Å². The number of carbonyl (C=O) groups excluding carboxylic acids is 2. The summed E-state index contributed by atoms with van der Waals surface area (Å²) in [4.78, 5) is 31.6. The Morgan fingerprint density at radius 3 is 2.83 bits per heavy atom. The Morgan fingerprint density at radius 1 is 1.50 bits per heavy atom. The van der Waals surface area contributed by atoms with Crippen LogP contribution in [0, 0.1) is 0 Å². The Kier molecular flexibility index (Phi) is 7.85. The number of allylic oxidation sites excluding steroid dienone is 1. The minimum Gasteiger partial charge on any atom is -0.365 e. The van der Waals surface area contributed by atoms with E-state index in [-0.39, 0.29) is 17.7 Å². The number of aliphatic imine (C=N–C) groups is 1. The molecule has 0 radical (unpaired) electrons. The summed E-state index contributed by atoms with van der Waals surface area (Å²) >= 11 is 5.26. The first kappa shape index (κ1) is 19.6. The van der Waals surface area contributed by atoms with Gasteiger partial charge >= 0.3 is 0 Å². The minimum atomic E-state index is -0.478. The van der Waals surface area contributed by atoms with Gasteiger partial charge in [-0.1, -0.05) is 6.58 Å². The molecule has 0 fully saturated rings. The van der Waals surface area contributed by atoms with Gasteiger partial charge in [-0.05, 0) is 44.6 Å². The number of amides is 2. The van der Waals surface area contributed by atoms with Gasteiger partial charge in [-0.25, -0.2) is 9.98 Å². The van der Waals surface area contributed by atoms with Crippen LogP contribution in [0.15, 0.2) is 47.6 Å². The van der Waals surface area contributed by atoms with E-state index in [1.807, 2.05) is 6.92 Å². The average Bonchev–Trinajstić information content (AvgIpc) is 2.59. The third kappa shape index (κ3) is 5.96. The van der Waals surface area contributed by atoms with Crippen molar-refractivity contribution in [2.24, 2.45) is 4.99 Å². The molecule has 128 valence electrons. The molecule has 1 aromatic heterocycles. The predicted octanol–water partition coefficient (Wildman–Crippen LogP) is 2.95. The second-order valence-corrected chi connectivity index (χ2v) is 5.19. The zero-order chi connectivity index (χ0) is 18.1. The fourth-order valence-corrected chi connectivity index (χ4v) is 1.84. The molecule has 1 heterocycles. The first-order valence-electron chi connectivity index (χ1n) is 7.37. The molecular formula is C17H20ClN3O3. The maximum Gasteiger partial charge on any atom is 0.253 e. The molecule has 0 aliphatic rings. The lowest BCUT2D eigenvalue weighted by Crippen LogP contribution is -2.23. The standard InChI is InChI=1S/C17H20ClN3O3/c1-5-19-16(22)11(2)6-7-12(3)21-17(23)13(4)14-8-9-20-15(10-14)24-18/h6-10,13H,2,5H2,1,3-4H3,(H,19,22)/b7-6-,21-12?. The lowest BCUT2D eigenvalue weighted by Gasteiger charge is -2.08. The summed E-state index contributed by atoms with van der Waals surface area (Å²) in [6, 6.07) is 3.27. The molecule has 1 rings (SSSR count). The maximum atomic E-state index is 12.2. The molecule has 0 bridgehead atoms. The molecule has 0 spiro atoms. The quantitative estimate of drug-likeness (QED) is 0.466. The van der Waals surface area contributed by atoms with Gasteiger partial charge in [0, 0.05) is 30.1 Å². The summed E-state index contributed by atoms with van der Waals surface area (Å²) in [7, 11) is 0. The van der Waals surface area contributed by atoms with Crippen LogP contribution in [0.2, 0.25) is 0 Å². The van der Waals surface area contributed by atoms with E-state index in [0.29, 0.717) is 23.4 Å². The lowest BCUT2D eigenvalue weighted by atomic mass is 10.0. The van der Waals surface area contributed by atoms with Gasteiger partial charge < -0.3 is 9.61 Å². The van der Waals surface area contributed by atoms with Crippen LogP contribution in [0.25, 0.3) is 0 Å². The highest BCUT2D eigenvalue weighted by Gasteiger charge is 2.15.